The van der Waals surface area contributed by atoms with Crippen LogP contribution in [0.3, 0.4) is 0 Å². The van der Waals surface area contributed by atoms with E-state index in [0.29, 0.717) is 0 Å². The number of rotatable bonds is 5. The smallest absolute Gasteiger partial charge is 0.251 e. The van der Waals surface area contributed by atoms with Crippen LogP contribution in [0, 0.1) is 30.3 Å². The summed E-state index contributed by atoms with van der Waals surface area (Å²) >= 11 is 0. The summed E-state index contributed by atoms with van der Waals surface area (Å²) in [5.41, 5.74) is -0.0994. The molecule has 0 fully saturated rings. The fourth-order valence-corrected chi connectivity index (χ4v) is 1.05. The Balaban J connectivity index is 3.21. The molecule has 0 aliphatic rings. The van der Waals surface area contributed by atoms with Gasteiger partial charge < -0.3 is 0 Å². The van der Waals surface area contributed by atoms with Crippen LogP contribution in [0.25, 0.3) is 0 Å². The van der Waals surface area contributed by atoms with Gasteiger partial charge in [-0.05, 0) is 12.1 Å². The van der Waals surface area contributed by atoms with Crippen molar-refractivity contribution in [3.8, 4) is 0 Å². The minimum atomic E-state index is -3.68. The highest BCUT2D eigenvalue weighted by Crippen LogP contribution is 2.17. The number of anilines is 1. The first-order chi connectivity index (χ1) is 7.91. The average molecular weight is 242 g/mol. The molecule has 0 spiro atoms. The Morgan fingerprint density at radius 1 is 0.882 bits per heavy atom. The Hall–Kier alpha value is -2.78. The highest BCUT2D eigenvalue weighted by Gasteiger charge is 2.71. The van der Waals surface area contributed by atoms with E-state index in [2.05, 4.69) is 0 Å². The zero-order chi connectivity index (χ0) is 13.1. The van der Waals surface area contributed by atoms with Crippen molar-refractivity contribution in [3.63, 3.8) is 0 Å². The van der Waals surface area contributed by atoms with Gasteiger partial charge in [-0.3, -0.25) is 30.3 Å². The van der Waals surface area contributed by atoms with Crippen LogP contribution in [0.4, 0.5) is 5.69 Å². The second-order valence-electron chi connectivity index (χ2n) is 2.90. The molecule has 0 saturated carbocycles. The number of hydrogen-bond acceptors (Lipinski definition) is 7. The molecule has 0 atom stereocenters. The summed E-state index contributed by atoms with van der Waals surface area (Å²) < 4.78 is 0. The number of nitro groups is 3. The molecule has 90 valence electrons. The Kier molecular flexibility index (Phi) is 3.17. The third-order valence-electron chi connectivity index (χ3n) is 1.85. The Morgan fingerprint density at radius 3 is 1.65 bits per heavy atom. The zero-order valence-electron chi connectivity index (χ0n) is 8.18. The molecule has 0 bridgehead atoms. The summed E-state index contributed by atoms with van der Waals surface area (Å²) in [5, 5.41) is 33.4. The Bertz CT molecular complexity index is 425. The predicted molar refractivity (Wildman–Crippen MR) is 53.8 cm³/mol. The van der Waals surface area contributed by atoms with E-state index in [9.17, 15) is 30.3 Å². The zero-order valence-corrected chi connectivity index (χ0v) is 8.18. The Labute approximate surface area is 93.3 Å². The van der Waals surface area contributed by atoms with E-state index < -0.39 is 20.7 Å². The van der Waals surface area contributed by atoms with Crippen LogP contribution >= 0.6 is 0 Å². The quantitative estimate of drug-likeness (QED) is 0.451. The largest absolute Gasteiger partial charge is 0.800 e. The van der Waals surface area contributed by atoms with Gasteiger partial charge in [-0.15, -0.1) is 0 Å². The Morgan fingerprint density at radius 2 is 1.29 bits per heavy atom. The fourth-order valence-electron chi connectivity index (χ4n) is 1.05. The molecule has 0 aliphatic heterocycles. The van der Waals surface area contributed by atoms with Crippen LogP contribution in [0.1, 0.15) is 0 Å². The van der Waals surface area contributed by atoms with Gasteiger partial charge in [0, 0.05) is 0 Å². The van der Waals surface area contributed by atoms with Gasteiger partial charge >= 0.3 is 5.91 Å². The maximum Gasteiger partial charge on any atom is 0.800 e. The molecule has 10 heteroatoms. The van der Waals surface area contributed by atoms with Crippen molar-refractivity contribution >= 4 is 5.69 Å². The molecule has 1 aromatic carbocycles. The first-order valence-electron chi connectivity index (χ1n) is 4.18. The van der Waals surface area contributed by atoms with Crippen LogP contribution in [0.15, 0.2) is 30.3 Å². The third kappa shape index (κ3) is 2.09. The van der Waals surface area contributed by atoms with E-state index >= 15 is 0 Å². The minimum Gasteiger partial charge on any atom is -0.251 e. The normalized spacial score (nSPS) is 10.6. The molecule has 0 aliphatic carbocycles. The first kappa shape index (κ1) is 12.3. The van der Waals surface area contributed by atoms with Crippen LogP contribution in [-0.4, -0.2) is 20.7 Å². The van der Waals surface area contributed by atoms with E-state index in [1.807, 2.05) is 0 Å². The monoisotopic (exact) mass is 242 g/mol. The molecular weight excluding hydrogens is 236 g/mol. The number of benzene rings is 1. The minimum absolute atomic E-state index is 0.0994. The molecule has 0 amide bonds. The SMILES string of the molecule is O=[N+]([O-])C(Nc1ccccc1)([N+](=O)[O-])[N+](=O)[O-]. The number of hydrogen-bond donors (Lipinski definition) is 1. The second-order valence-corrected chi connectivity index (χ2v) is 2.90. The number of nitrogens with one attached hydrogen (secondary N) is 1. The van der Waals surface area contributed by atoms with Crippen LogP contribution < -0.4 is 5.32 Å². The maximum atomic E-state index is 10.6. The van der Waals surface area contributed by atoms with Crippen molar-refractivity contribution in [2.45, 2.75) is 5.91 Å². The van der Waals surface area contributed by atoms with Gasteiger partial charge in [-0.2, -0.15) is 5.32 Å². The summed E-state index contributed by atoms with van der Waals surface area (Å²) in [4.78, 5) is 26.9. The second kappa shape index (κ2) is 4.38. The van der Waals surface area contributed by atoms with Crippen LogP contribution in [0.5, 0.6) is 0 Å². The lowest BCUT2D eigenvalue weighted by Gasteiger charge is -2.10. The van der Waals surface area contributed by atoms with Gasteiger partial charge in [-0.25, -0.2) is 0 Å². The van der Waals surface area contributed by atoms with Gasteiger partial charge in [0.2, 0.25) is 0 Å². The maximum absolute atomic E-state index is 10.6. The van der Waals surface area contributed by atoms with Gasteiger partial charge in [0.25, 0.3) is 0 Å². The molecule has 0 saturated heterocycles. The molecule has 0 aromatic heterocycles. The summed E-state index contributed by atoms with van der Waals surface area (Å²) in [5.74, 6) is -3.68. The van der Waals surface area contributed by atoms with Crippen molar-refractivity contribution < 1.29 is 14.8 Å². The van der Waals surface area contributed by atoms with Crippen molar-refractivity contribution in [1.29, 1.82) is 0 Å². The van der Waals surface area contributed by atoms with E-state index in [-0.39, 0.29) is 5.69 Å². The average Bonchev–Trinajstić information content (AvgIpc) is 2.25. The summed E-state index contributed by atoms with van der Waals surface area (Å²) in [6.45, 7) is 0. The van der Waals surface area contributed by atoms with E-state index in [4.69, 9.17) is 0 Å². The molecule has 10 nitrogen and oxygen atoms in total. The topological polar surface area (TPSA) is 141 Å². The lowest BCUT2D eigenvalue weighted by Crippen LogP contribution is -2.59. The number of para-hydroxylation sites is 1. The van der Waals surface area contributed by atoms with E-state index in [0.717, 1.165) is 0 Å². The molecule has 0 heterocycles. The standard InChI is InChI=1S/C7H6N4O6/c12-9(13)7(10(14)15,11(16)17)8-6-4-2-1-3-5-6/h1-5,8H. The van der Waals surface area contributed by atoms with Crippen molar-refractivity contribution in [1.82, 2.24) is 0 Å². The highest BCUT2D eigenvalue weighted by molar-refractivity contribution is 5.42. The molecule has 1 rings (SSSR count). The highest BCUT2D eigenvalue weighted by atomic mass is 16.7. The van der Waals surface area contributed by atoms with E-state index in [1.165, 1.54) is 24.3 Å². The third-order valence-corrected chi connectivity index (χ3v) is 1.85. The predicted octanol–water partition coefficient (Wildman–Crippen LogP) is 0.540. The lowest BCUT2D eigenvalue weighted by atomic mass is 10.3. The van der Waals surface area contributed by atoms with Gasteiger partial charge in [0.05, 0.1) is 5.69 Å². The summed E-state index contributed by atoms with van der Waals surface area (Å²) in [6, 6.07) is 6.88. The van der Waals surface area contributed by atoms with E-state index in [1.54, 1.807) is 11.4 Å². The molecule has 17 heavy (non-hydrogen) atoms. The van der Waals surface area contributed by atoms with Crippen molar-refractivity contribution in [2.24, 2.45) is 0 Å². The van der Waals surface area contributed by atoms with Crippen LogP contribution in [-0.2, 0) is 0 Å². The molecule has 1 N–H and O–H groups in total. The molecule has 0 unspecified atom stereocenters. The van der Waals surface area contributed by atoms with Crippen LogP contribution in [0.2, 0.25) is 0 Å². The van der Waals surface area contributed by atoms with Gasteiger partial charge in [-0.1, -0.05) is 18.2 Å². The molecule has 0 radical (unpaired) electrons. The summed E-state index contributed by atoms with van der Waals surface area (Å²) in [6.07, 6.45) is 0. The van der Waals surface area contributed by atoms with Gasteiger partial charge in [0.15, 0.2) is 14.8 Å². The first-order valence-corrected chi connectivity index (χ1v) is 4.18. The van der Waals surface area contributed by atoms with Crippen molar-refractivity contribution in [3.05, 3.63) is 60.7 Å². The lowest BCUT2D eigenvalue weighted by molar-refractivity contribution is -0.960. The van der Waals surface area contributed by atoms with Gasteiger partial charge in [0.1, 0.15) is 0 Å². The number of nitrogens with zero attached hydrogens (tertiary/aromatic N) is 3. The fraction of sp³-hybridized carbons (Fsp3) is 0.143. The van der Waals surface area contributed by atoms with Crippen molar-refractivity contribution in [2.75, 3.05) is 5.32 Å². The summed E-state index contributed by atoms with van der Waals surface area (Å²) in [7, 11) is 0. The molecule has 1 aromatic rings. The molecular formula is C7H6N4O6.